The molecule has 0 aliphatic carbocycles. The number of hydrogen-bond acceptors (Lipinski definition) is 7. The van der Waals surface area contributed by atoms with Gasteiger partial charge in [0.05, 0.1) is 24.9 Å². The molecular formula is C22H21N3O4S. The highest BCUT2D eigenvalue weighted by molar-refractivity contribution is 8.00. The molecule has 0 saturated carbocycles. The van der Waals surface area contributed by atoms with E-state index in [1.807, 2.05) is 38.1 Å². The van der Waals surface area contributed by atoms with Crippen LogP contribution in [0.5, 0.6) is 11.5 Å². The first-order chi connectivity index (χ1) is 14.5. The van der Waals surface area contributed by atoms with Crippen LogP contribution in [-0.4, -0.2) is 40.7 Å². The van der Waals surface area contributed by atoms with Gasteiger partial charge in [0.1, 0.15) is 16.7 Å². The lowest BCUT2D eigenvalue weighted by atomic mass is 10.2. The van der Waals surface area contributed by atoms with E-state index in [0.717, 1.165) is 22.3 Å². The number of nitrogens with zero attached hydrogens (tertiary/aromatic N) is 3. The monoisotopic (exact) mass is 423 g/mol. The number of thioether (sulfide) groups is 1. The first kappa shape index (κ1) is 20.2. The molecule has 7 nitrogen and oxygen atoms in total. The Balaban J connectivity index is 1.61. The van der Waals surface area contributed by atoms with E-state index in [-0.39, 0.29) is 18.2 Å². The summed E-state index contributed by atoms with van der Waals surface area (Å²) in [6.45, 7) is 4.19. The maximum atomic E-state index is 13.1. The van der Waals surface area contributed by atoms with E-state index in [1.54, 1.807) is 25.3 Å². The maximum absolute atomic E-state index is 13.1. The minimum absolute atomic E-state index is 0.0903. The number of para-hydroxylation sites is 2. The zero-order valence-electron chi connectivity index (χ0n) is 16.9. The van der Waals surface area contributed by atoms with Crippen LogP contribution in [0.25, 0.3) is 10.9 Å². The minimum atomic E-state index is -0.581. The maximum Gasteiger partial charge on any atom is 0.248 e. The number of aromatic nitrogens is 2. The molecule has 1 atom stereocenters. The predicted molar refractivity (Wildman–Crippen MR) is 115 cm³/mol. The molecule has 3 aromatic rings. The number of ether oxygens (including phenoxy) is 2. The second-order valence-electron chi connectivity index (χ2n) is 6.75. The highest BCUT2D eigenvalue weighted by atomic mass is 32.2. The van der Waals surface area contributed by atoms with E-state index in [4.69, 9.17) is 9.47 Å². The Kier molecular flexibility index (Phi) is 5.59. The number of aryl methyl sites for hydroxylation is 1. The van der Waals surface area contributed by atoms with Gasteiger partial charge in [0.25, 0.3) is 0 Å². The summed E-state index contributed by atoms with van der Waals surface area (Å²) >= 11 is 1.21. The number of amides is 2. The van der Waals surface area contributed by atoms with Gasteiger partial charge in [0, 0.05) is 17.5 Å². The van der Waals surface area contributed by atoms with Gasteiger partial charge >= 0.3 is 0 Å². The smallest absolute Gasteiger partial charge is 0.248 e. The lowest BCUT2D eigenvalue weighted by Gasteiger charge is -2.18. The van der Waals surface area contributed by atoms with Gasteiger partial charge < -0.3 is 9.47 Å². The van der Waals surface area contributed by atoms with Crippen molar-refractivity contribution in [3.63, 3.8) is 0 Å². The highest BCUT2D eigenvalue weighted by Crippen LogP contribution is 2.37. The van der Waals surface area contributed by atoms with Gasteiger partial charge in [-0.2, -0.15) is 0 Å². The van der Waals surface area contributed by atoms with E-state index in [1.165, 1.54) is 16.7 Å². The van der Waals surface area contributed by atoms with E-state index >= 15 is 0 Å². The van der Waals surface area contributed by atoms with Gasteiger partial charge in [-0.1, -0.05) is 23.9 Å². The van der Waals surface area contributed by atoms with Crippen molar-refractivity contribution in [3.05, 3.63) is 48.2 Å². The van der Waals surface area contributed by atoms with Crippen molar-refractivity contribution in [2.75, 3.05) is 18.6 Å². The van der Waals surface area contributed by atoms with Gasteiger partial charge in [-0.3, -0.25) is 9.59 Å². The number of carbonyl (C=O) groups excluding carboxylic acids is 2. The molecule has 1 fully saturated rings. The van der Waals surface area contributed by atoms with Crippen LogP contribution in [0.1, 0.15) is 19.0 Å². The zero-order chi connectivity index (χ0) is 21.3. The molecular weight excluding hydrogens is 402 g/mol. The summed E-state index contributed by atoms with van der Waals surface area (Å²) in [6, 6.07) is 12.6. The lowest BCUT2D eigenvalue weighted by molar-refractivity contribution is -0.121. The molecule has 30 heavy (non-hydrogen) atoms. The van der Waals surface area contributed by atoms with Crippen molar-refractivity contribution in [1.82, 2.24) is 9.97 Å². The van der Waals surface area contributed by atoms with E-state index < -0.39 is 5.25 Å². The quantitative estimate of drug-likeness (QED) is 0.441. The number of benzene rings is 2. The molecule has 0 N–H and O–H groups in total. The SMILES string of the molecule is CCOc1ccccc1N1C(=O)C[C@@H](Sc2nc(C)c3cc(OC)ccc3n2)C1=O. The fraction of sp³-hybridized carbons (Fsp3) is 0.273. The number of hydrogen-bond donors (Lipinski definition) is 0. The topological polar surface area (TPSA) is 81.6 Å². The Morgan fingerprint density at radius 2 is 1.97 bits per heavy atom. The van der Waals surface area contributed by atoms with Crippen LogP contribution in [0.4, 0.5) is 5.69 Å². The molecule has 8 heteroatoms. The largest absolute Gasteiger partial charge is 0.497 e. The number of carbonyl (C=O) groups is 2. The van der Waals surface area contributed by atoms with Crippen molar-refractivity contribution < 1.29 is 19.1 Å². The van der Waals surface area contributed by atoms with Crippen molar-refractivity contribution in [3.8, 4) is 11.5 Å². The van der Waals surface area contributed by atoms with Crippen LogP contribution in [0.3, 0.4) is 0 Å². The third-order valence-corrected chi connectivity index (χ3v) is 5.88. The van der Waals surface area contributed by atoms with Gasteiger partial charge in [-0.15, -0.1) is 0 Å². The van der Waals surface area contributed by atoms with Crippen molar-refractivity contribution in [2.45, 2.75) is 30.7 Å². The summed E-state index contributed by atoms with van der Waals surface area (Å²) < 4.78 is 10.9. The normalized spacial score (nSPS) is 16.4. The summed E-state index contributed by atoms with van der Waals surface area (Å²) in [4.78, 5) is 36.1. The van der Waals surface area contributed by atoms with Crippen molar-refractivity contribution in [2.24, 2.45) is 0 Å². The van der Waals surface area contributed by atoms with Crippen LogP contribution >= 0.6 is 11.8 Å². The zero-order valence-corrected chi connectivity index (χ0v) is 17.7. The number of imide groups is 1. The molecule has 1 saturated heterocycles. The first-order valence-corrected chi connectivity index (χ1v) is 10.5. The van der Waals surface area contributed by atoms with E-state index in [0.29, 0.717) is 23.2 Å². The third kappa shape index (κ3) is 3.70. The van der Waals surface area contributed by atoms with Crippen LogP contribution in [0.2, 0.25) is 0 Å². The van der Waals surface area contributed by atoms with Crippen LogP contribution in [0, 0.1) is 6.92 Å². The molecule has 0 bridgehead atoms. The Hall–Kier alpha value is -3.13. The molecule has 4 rings (SSSR count). The molecule has 0 radical (unpaired) electrons. The van der Waals surface area contributed by atoms with Gasteiger partial charge in [-0.25, -0.2) is 14.9 Å². The van der Waals surface area contributed by atoms with Crippen LogP contribution < -0.4 is 14.4 Å². The van der Waals surface area contributed by atoms with E-state index in [9.17, 15) is 9.59 Å². The predicted octanol–water partition coefficient (Wildman–Crippen LogP) is 3.77. The Labute approximate surface area is 178 Å². The number of rotatable bonds is 6. The fourth-order valence-electron chi connectivity index (χ4n) is 3.41. The molecule has 154 valence electrons. The summed E-state index contributed by atoms with van der Waals surface area (Å²) in [7, 11) is 1.61. The number of anilines is 1. The number of fused-ring (bicyclic) bond motifs is 1. The summed E-state index contributed by atoms with van der Waals surface area (Å²) in [6.07, 6.45) is 0.0903. The fourth-order valence-corrected chi connectivity index (χ4v) is 4.44. The highest BCUT2D eigenvalue weighted by Gasteiger charge is 2.41. The number of methoxy groups -OCH3 is 1. The lowest BCUT2D eigenvalue weighted by Crippen LogP contribution is -2.31. The third-order valence-electron chi connectivity index (χ3n) is 4.83. The van der Waals surface area contributed by atoms with Gasteiger partial charge in [0.2, 0.25) is 11.8 Å². The first-order valence-electron chi connectivity index (χ1n) is 9.59. The molecule has 2 heterocycles. The molecule has 1 aliphatic rings. The molecule has 2 aromatic carbocycles. The van der Waals surface area contributed by atoms with Crippen LogP contribution in [-0.2, 0) is 9.59 Å². The molecule has 2 amide bonds. The molecule has 1 aliphatic heterocycles. The van der Waals surface area contributed by atoms with Crippen molar-refractivity contribution >= 4 is 40.2 Å². The van der Waals surface area contributed by atoms with Gasteiger partial charge in [0.15, 0.2) is 5.16 Å². The second kappa shape index (κ2) is 8.31. The van der Waals surface area contributed by atoms with E-state index in [2.05, 4.69) is 9.97 Å². The molecule has 1 aromatic heterocycles. The molecule has 0 unspecified atom stereocenters. The van der Waals surface area contributed by atoms with Crippen molar-refractivity contribution in [1.29, 1.82) is 0 Å². The summed E-state index contributed by atoms with van der Waals surface area (Å²) in [5.41, 5.74) is 2.03. The van der Waals surface area contributed by atoms with Crippen LogP contribution in [0.15, 0.2) is 47.6 Å². The summed E-state index contributed by atoms with van der Waals surface area (Å²) in [5, 5.41) is 0.776. The summed E-state index contributed by atoms with van der Waals surface area (Å²) in [5.74, 6) is 0.703. The Bertz CT molecular complexity index is 1130. The average molecular weight is 423 g/mol. The second-order valence-corrected chi connectivity index (χ2v) is 7.92. The minimum Gasteiger partial charge on any atom is -0.497 e. The molecule has 0 spiro atoms. The van der Waals surface area contributed by atoms with Gasteiger partial charge in [-0.05, 0) is 44.2 Å². The Morgan fingerprint density at radius 1 is 1.17 bits per heavy atom. The average Bonchev–Trinajstić information content (AvgIpc) is 3.01. The standard InChI is InChI=1S/C22H21N3O4S/c1-4-29-18-8-6-5-7-17(18)25-20(26)12-19(21(25)27)30-22-23-13(2)15-11-14(28-3)9-10-16(15)24-22/h5-11,19H,4,12H2,1-3H3/t19-/m1/s1. The Morgan fingerprint density at radius 3 is 2.73 bits per heavy atom.